The maximum atomic E-state index is 5.90. The molecule has 92 valence electrons. The Morgan fingerprint density at radius 3 is 2.29 bits per heavy atom. The van der Waals surface area contributed by atoms with Gasteiger partial charge in [-0.1, -0.05) is 23.2 Å². The first-order chi connectivity index (χ1) is 8.16. The van der Waals surface area contributed by atoms with Gasteiger partial charge in [0.2, 0.25) is 5.95 Å². The van der Waals surface area contributed by atoms with E-state index in [9.17, 15) is 0 Å². The number of nitrogens with two attached hydrogens (primary N) is 1. The van der Waals surface area contributed by atoms with Gasteiger partial charge in [0.1, 0.15) is 5.69 Å². The van der Waals surface area contributed by atoms with Gasteiger partial charge in [0, 0.05) is 13.1 Å². The lowest BCUT2D eigenvalue weighted by Crippen LogP contribution is -2.28. The molecule has 2 N–H and O–H groups in total. The fraction of sp³-hybridized carbons (Fsp3) is 0.500. The van der Waals surface area contributed by atoms with E-state index in [4.69, 9.17) is 28.9 Å². The van der Waals surface area contributed by atoms with Crippen LogP contribution >= 0.6 is 23.2 Å². The third kappa shape index (κ3) is 3.20. The zero-order valence-corrected chi connectivity index (χ0v) is 10.7. The van der Waals surface area contributed by atoms with Crippen LogP contribution in [0, 0.1) is 0 Å². The summed E-state index contributed by atoms with van der Waals surface area (Å²) in [7, 11) is 0. The van der Waals surface area contributed by atoms with Crippen molar-refractivity contribution in [2.45, 2.75) is 19.3 Å². The van der Waals surface area contributed by atoms with Crippen LogP contribution in [-0.2, 0) is 0 Å². The van der Waals surface area contributed by atoms with Crippen LogP contribution in [0.15, 0.2) is 4.99 Å². The highest BCUT2D eigenvalue weighted by atomic mass is 35.5. The van der Waals surface area contributed by atoms with Gasteiger partial charge < -0.3 is 10.6 Å². The molecule has 0 atom stereocenters. The summed E-state index contributed by atoms with van der Waals surface area (Å²) in [4.78, 5) is 14.0. The van der Waals surface area contributed by atoms with Crippen LogP contribution < -0.4 is 5.73 Å². The Labute approximate surface area is 110 Å². The lowest BCUT2D eigenvalue weighted by molar-refractivity contribution is 0.351. The first kappa shape index (κ1) is 12.4. The zero-order valence-electron chi connectivity index (χ0n) is 9.24. The normalized spacial score (nSPS) is 16.7. The minimum atomic E-state index is 0.0527. The average molecular weight is 274 g/mol. The Bertz CT molecular complexity index is 406. The SMILES string of the molecule is Nc1nc(Cl)c(/N=C/N2CCCCC2)c(Cl)n1. The van der Waals surface area contributed by atoms with Crippen LogP contribution in [0.1, 0.15) is 19.3 Å². The van der Waals surface area contributed by atoms with Gasteiger partial charge in [0.05, 0.1) is 6.34 Å². The first-order valence-corrected chi connectivity index (χ1v) is 6.19. The molecule has 1 saturated heterocycles. The van der Waals surface area contributed by atoms with Gasteiger partial charge in [0.25, 0.3) is 0 Å². The van der Waals surface area contributed by atoms with E-state index in [0.29, 0.717) is 5.69 Å². The third-order valence-corrected chi connectivity index (χ3v) is 3.08. The molecule has 0 bridgehead atoms. The van der Waals surface area contributed by atoms with Gasteiger partial charge in [0.15, 0.2) is 10.3 Å². The largest absolute Gasteiger partial charge is 0.368 e. The Hall–Kier alpha value is -1.07. The van der Waals surface area contributed by atoms with Gasteiger partial charge in [-0.05, 0) is 19.3 Å². The van der Waals surface area contributed by atoms with Crippen molar-refractivity contribution in [1.29, 1.82) is 0 Å². The van der Waals surface area contributed by atoms with Crippen molar-refractivity contribution >= 4 is 41.2 Å². The minimum Gasteiger partial charge on any atom is -0.368 e. The number of likely N-dealkylation sites (tertiary alicyclic amines) is 1. The van der Waals surface area contributed by atoms with Crippen molar-refractivity contribution in [3.05, 3.63) is 10.3 Å². The fourth-order valence-electron chi connectivity index (χ4n) is 1.70. The molecule has 1 aliphatic heterocycles. The zero-order chi connectivity index (χ0) is 12.3. The molecule has 0 saturated carbocycles. The van der Waals surface area contributed by atoms with E-state index in [-0.39, 0.29) is 16.3 Å². The smallest absolute Gasteiger partial charge is 0.223 e. The quantitative estimate of drug-likeness (QED) is 0.511. The molecule has 1 aromatic heterocycles. The molecule has 0 aliphatic carbocycles. The number of hydrogen-bond acceptors (Lipinski definition) is 4. The Morgan fingerprint density at radius 2 is 1.71 bits per heavy atom. The number of anilines is 1. The first-order valence-electron chi connectivity index (χ1n) is 5.43. The molecule has 1 aromatic rings. The molecule has 5 nitrogen and oxygen atoms in total. The minimum absolute atomic E-state index is 0.0527. The predicted molar refractivity (Wildman–Crippen MR) is 70.0 cm³/mol. The van der Waals surface area contributed by atoms with Crippen LogP contribution in [0.4, 0.5) is 11.6 Å². The highest BCUT2D eigenvalue weighted by molar-refractivity contribution is 6.37. The molecule has 7 heteroatoms. The molecule has 0 aromatic carbocycles. The van der Waals surface area contributed by atoms with Crippen molar-refractivity contribution in [3.8, 4) is 0 Å². The second kappa shape index (κ2) is 5.51. The topological polar surface area (TPSA) is 67.4 Å². The fourth-order valence-corrected chi connectivity index (χ4v) is 2.20. The molecule has 2 rings (SSSR count). The van der Waals surface area contributed by atoms with Gasteiger partial charge in [-0.25, -0.2) is 4.99 Å². The van der Waals surface area contributed by atoms with Crippen molar-refractivity contribution in [1.82, 2.24) is 14.9 Å². The van der Waals surface area contributed by atoms with Gasteiger partial charge in [-0.2, -0.15) is 9.97 Å². The van der Waals surface area contributed by atoms with E-state index in [1.807, 2.05) is 0 Å². The highest BCUT2D eigenvalue weighted by Crippen LogP contribution is 2.30. The average Bonchev–Trinajstić information content (AvgIpc) is 2.29. The summed E-state index contributed by atoms with van der Waals surface area (Å²) in [5.74, 6) is 0.0527. The van der Waals surface area contributed by atoms with Crippen LogP contribution in [0.3, 0.4) is 0 Å². The number of halogens is 2. The number of aromatic nitrogens is 2. The predicted octanol–water partition coefficient (Wildman–Crippen LogP) is 2.51. The van der Waals surface area contributed by atoms with E-state index in [1.165, 1.54) is 19.3 Å². The lowest BCUT2D eigenvalue weighted by atomic mass is 10.1. The summed E-state index contributed by atoms with van der Waals surface area (Å²) >= 11 is 11.8. The van der Waals surface area contributed by atoms with E-state index < -0.39 is 0 Å². The molecular formula is C10H13Cl2N5. The number of rotatable bonds is 2. The third-order valence-electron chi connectivity index (χ3n) is 2.56. The highest BCUT2D eigenvalue weighted by Gasteiger charge is 2.10. The molecule has 0 unspecified atom stereocenters. The molecule has 17 heavy (non-hydrogen) atoms. The van der Waals surface area contributed by atoms with E-state index in [0.717, 1.165) is 13.1 Å². The number of aliphatic imine (C=N–C) groups is 1. The summed E-state index contributed by atoms with van der Waals surface area (Å²) in [6.07, 6.45) is 5.39. The second-order valence-corrected chi connectivity index (χ2v) is 4.57. The number of nitrogens with zero attached hydrogens (tertiary/aromatic N) is 4. The van der Waals surface area contributed by atoms with Crippen LogP contribution in [0.25, 0.3) is 0 Å². The van der Waals surface area contributed by atoms with Crippen molar-refractivity contribution < 1.29 is 0 Å². The van der Waals surface area contributed by atoms with Gasteiger partial charge in [-0.3, -0.25) is 0 Å². The lowest BCUT2D eigenvalue weighted by Gasteiger charge is -2.23. The second-order valence-electron chi connectivity index (χ2n) is 3.85. The van der Waals surface area contributed by atoms with E-state index in [2.05, 4.69) is 19.9 Å². The number of piperidine rings is 1. The summed E-state index contributed by atoms with van der Waals surface area (Å²) in [6, 6.07) is 0. The number of hydrogen-bond donors (Lipinski definition) is 1. The van der Waals surface area contributed by atoms with Crippen LogP contribution in [0.2, 0.25) is 10.3 Å². The molecule has 0 radical (unpaired) electrons. The van der Waals surface area contributed by atoms with Gasteiger partial charge >= 0.3 is 0 Å². The Morgan fingerprint density at radius 1 is 1.12 bits per heavy atom. The summed E-state index contributed by atoms with van der Waals surface area (Å²) in [5, 5.41) is 0.353. The van der Waals surface area contributed by atoms with E-state index >= 15 is 0 Å². The molecule has 0 spiro atoms. The van der Waals surface area contributed by atoms with Crippen LogP contribution in [-0.4, -0.2) is 34.3 Å². The Kier molecular flexibility index (Phi) is 4.02. The number of nitrogen functional groups attached to an aromatic ring is 1. The monoisotopic (exact) mass is 273 g/mol. The molecular weight excluding hydrogens is 261 g/mol. The molecule has 0 amide bonds. The standard InChI is InChI=1S/C10H13Cl2N5/c11-8-7(9(12)16-10(13)15-8)14-6-17-4-2-1-3-5-17/h6H,1-5H2,(H2,13,15,16)/b14-6+. The Balaban J connectivity index is 2.14. The maximum Gasteiger partial charge on any atom is 0.223 e. The molecule has 1 fully saturated rings. The molecule has 2 heterocycles. The van der Waals surface area contributed by atoms with E-state index in [1.54, 1.807) is 6.34 Å². The summed E-state index contributed by atoms with van der Waals surface area (Å²) < 4.78 is 0. The van der Waals surface area contributed by atoms with Crippen LogP contribution in [0.5, 0.6) is 0 Å². The molecule has 1 aliphatic rings. The maximum absolute atomic E-state index is 5.90. The van der Waals surface area contributed by atoms with Gasteiger partial charge in [-0.15, -0.1) is 0 Å². The summed E-state index contributed by atoms with van der Waals surface area (Å²) in [5.41, 5.74) is 5.78. The summed E-state index contributed by atoms with van der Waals surface area (Å²) in [6.45, 7) is 2.02. The van der Waals surface area contributed by atoms with Crippen molar-refractivity contribution in [2.75, 3.05) is 18.8 Å². The van der Waals surface area contributed by atoms with Crippen molar-refractivity contribution in [2.24, 2.45) is 4.99 Å². The van der Waals surface area contributed by atoms with Crippen molar-refractivity contribution in [3.63, 3.8) is 0 Å².